The van der Waals surface area contributed by atoms with Gasteiger partial charge in [-0.15, -0.1) is 0 Å². The Balaban J connectivity index is 1.70. The maximum Gasteiger partial charge on any atom is 0.359 e. The Morgan fingerprint density at radius 1 is 1.19 bits per heavy atom. The minimum atomic E-state index is -0.796. The zero-order valence-corrected chi connectivity index (χ0v) is 15.3. The van der Waals surface area contributed by atoms with Crippen molar-refractivity contribution >= 4 is 44.3 Å². The number of halogens is 1. The number of nitrogens with zero attached hydrogens (tertiary/aromatic N) is 1. The Bertz CT molecular complexity index is 1060. The van der Waals surface area contributed by atoms with Crippen LogP contribution in [0.4, 0.5) is 5.69 Å². The van der Waals surface area contributed by atoms with Gasteiger partial charge in [0.1, 0.15) is 0 Å². The van der Waals surface area contributed by atoms with Gasteiger partial charge >= 0.3 is 5.97 Å². The van der Waals surface area contributed by atoms with Crippen molar-refractivity contribution in [3.63, 3.8) is 0 Å². The van der Waals surface area contributed by atoms with E-state index in [1.54, 1.807) is 30.3 Å². The number of rotatable bonds is 4. The number of esters is 1. The third-order valence-corrected chi connectivity index (χ3v) is 4.28. The molecular formula is C18H14BrN3O4. The third-order valence-electron chi connectivity index (χ3n) is 3.62. The van der Waals surface area contributed by atoms with Crippen molar-refractivity contribution in [2.75, 3.05) is 11.9 Å². The Kier molecular flexibility index (Phi) is 5.13. The fraction of sp³-hybridized carbons (Fsp3) is 0.111. The predicted molar refractivity (Wildman–Crippen MR) is 100 cm³/mol. The number of H-pyrrole nitrogens is 1. The molecule has 3 rings (SSSR count). The van der Waals surface area contributed by atoms with Crippen molar-refractivity contribution in [3.8, 4) is 0 Å². The molecule has 8 heteroatoms. The zero-order valence-electron chi connectivity index (χ0n) is 13.7. The maximum absolute atomic E-state index is 12.2. The van der Waals surface area contributed by atoms with Gasteiger partial charge in [-0.25, -0.2) is 9.89 Å². The van der Waals surface area contributed by atoms with Gasteiger partial charge in [0.15, 0.2) is 12.3 Å². The fourth-order valence-corrected chi connectivity index (χ4v) is 2.97. The number of ether oxygens (including phenoxy) is 1. The summed E-state index contributed by atoms with van der Waals surface area (Å²) in [7, 11) is 0. The number of carbonyl (C=O) groups excluding carboxylic acids is 2. The van der Waals surface area contributed by atoms with Crippen LogP contribution in [0.25, 0.3) is 10.8 Å². The van der Waals surface area contributed by atoms with Crippen LogP contribution in [0.5, 0.6) is 0 Å². The molecule has 0 saturated heterocycles. The van der Waals surface area contributed by atoms with Crippen molar-refractivity contribution < 1.29 is 14.3 Å². The highest BCUT2D eigenvalue weighted by Crippen LogP contribution is 2.23. The van der Waals surface area contributed by atoms with E-state index in [1.165, 1.54) is 0 Å². The van der Waals surface area contributed by atoms with Crippen LogP contribution >= 0.6 is 15.9 Å². The van der Waals surface area contributed by atoms with Gasteiger partial charge in [-0.3, -0.25) is 9.59 Å². The molecule has 0 spiro atoms. The highest BCUT2D eigenvalue weighted by Gasteiger charge is 2.17. The lowest BCUT2D eigenvalue weighted by Gasteiger charge is -2.09. The van der Waals surface area contributed by atoms with E-state index in [4.69, 9.17) is 4.74 Å². The molecule has 7 nitrogen and oxygen atoms in total. The second kappa shape index (κ2) is 7.49. The molecule has 0 unspecified atom stereocenters. The zero-order chi connectivity index (χ0) is 18.7. The first-order valence-electron chi connectivity index (χ1n) is 7.66. The fourth-order valence-electron chi connectivity index (χ4n) is 2.38. The van der Waals surface area contributed by atoms with Gasteiger partial charge in [-0.2, -0.15) is 5.10 Å². The monoisotopic (exact) mass is 415 g/mol. The summed E-state index contributed by atoms with van der Waals surface area (Å²) in [6.45, 7) is 1.45. The predicted octanol–water partition coefficient (Wildman–Crippen LogP) is 2.79. The SMILES string of the molecule is Cc1ccc(NC(=O)COC(=O)c2n[nH]c(=O)c3ccccc23)c(Br)c1. The second-order valence-electron chi connectivity index (χ2n) is 5.55. The number of anilines is 1. The van der Waals surface area contributed by atoms with Crippen LogP contribution < -0.4 is 10.9 Å². The number of carbonyl (C=O) groups is 2. The van der Waals surface area contributed by atoms with Gasteiger partial charge in [0.2, 0.25) is 0 Å². The van der Waals surface area contributed by atoms with Crippen LogP contribution in [0.15, 0.2) is 51.7 Å². The number of aryl methyl sites for hydroxylation is 1. The molecule has 0 atom stereocenters. The minimum Gasteiger partial charge on any atom is -0.451 e. The van der Waals surface area contributed by atoms with E-state index in [9.17, 15) is 14.4 Å². The molecule has 3 aromatic rings. The number of fused-ring (bicyclic) bond motifs is 1. The average molecular weight is 416 g/mol. The molecule has 0 radical (unpaired) electrons. The number of hydrogen-bond acceptors (Lipinski definition) is 5. The summed E-state index contributed by atoms with van der Waals surface area (Å²) < 4.78 is 5.75. The highest BCUT2D eigenvalue weighted by molar-refractivity contribution is 9.10. The number of hydrogen-bond donors (Lipinski definition) is 2. The second-order valence-corrected chi connectivity index (χ2v) is 6.41. The molecule has 26 heavy (non-hydrogen) atoms. The van der Waals surface area contributed by atoms with Gasteiger partial charge in [0.05, 0.1) is 11.1 Å². The van der Waals surface area contributed by atoms with E-state index in [0.717, 1.165) is 10.0 Å². The van der Waals surface area contributed by atoms with Crippen LogP contribution in [0.3, 0.4) is 0 Å². The largest absolute Gasteiger partial charge is 0.451 e. The summed E-state index contributed by atoms with van der Waals surface area (Å²) in [6.07, 6.45) is 0. The smallest absolute Gasteiger partial charge is 0.359 e. The Labute approximate surface area is 156 Å². The Morgan fingerprint density at radius 2 is 1.92 bits per heavy atom. The van der Waals surface area contributed by atoms with Gasteiger partial charge in [-0.05, 0) is 46.6 Å². The molecule has 0 aliphatic heterocycles. The normalized spacial score (nSPS) is 10.5. The van der Waals surface area contributed by atoms with Gasteiger partial charge in [0.25, 0.3) is 11.5 Å². The summed E-state index contributed by atoms with van der Waals surface area (Å²) in [5, 5.41) is 9.33. The van der Waals surface area contributed by atoms with E-state index >= 15 is 0 Å². The van der Waals surface area contributed by atoms with E-state index < -0.39 is 24.0 Å². The Hall–Kier alpha value is -3.00. The molecule has 2 aromatic carbocycles. The van der Waals surface area contributed by atoms with Crippen LogP contribution in [0, 0.1) is 6.92 Å². The van der Waals surface area contributed by atoms with E-state index in [-0.39, 0.29) is 5.69 Å². The summed E-state index contributed by atoms with van der Waals surface area (Å²) in [4.78, 5) is 36.0. The standard InChI is InChI=1S/C18H14BrN3O4/c1-10-6-7-14(13(19)8-10)20-15(23)9-26-18(25)16-11-4-2-3-5-12(11)17(24)22-21-16/h2-8H,9H2,1H3,(H,20,23)(H,22,24). The first-order valence-corrected chi connectivity index (χ1v) is 8.45. The number of amides is 1. The molecule has 132 valence electrons. The summed E-state index contributed by atoms with van der Waals surface area (Å²) in [6, 6.07) is 12.0. The first kappa shape index (κ1) is 17.8. The van der Waals surface area contributed by atoms with Gasteiger partial charge in [-0.1, -0.05) is 24.3 Å². The number of benzene rings is 2. The van der Waals surface area contributed by atoms with E-state index in [0.29, 0.717) is 16.5 Å². The minimum absolute atomic E-state index is 0.0514. The number of aromatic nitrogens is 2. The quantitative estimate of drug-likeness (QED) is 0.637. The molecule has 1 aromatic heterocycles. The molecule has 1 amide bonds. The molecule has 1 heterocycles. The lowest BCUT2D eigenvalue weighted by molar-refractivity contribution is -0.119. The molecule has 0 saturated carbocycles. The van der Waals surface area contributed by atoms with E-state index in [1.807, 2.05) is 19.1 Å². The van der Waals surface area contributed by atoms with Crippen LogP contribution in [-0.2, 0) is 9.53 Å². The topological polar surface area (TPSA) is 101 Å². The Morgan fingerprint density at radius 3 is 2.65 bits per heavy atom. The lowest BCUT2D eigenvalue weighted by atomic mass is 10.1. The lowest BCUT2D eigenvalue weighted by Crippen LogP contribution is -2.22. The van der Waals surface area contributed by atoms with Gasteiger partial charge < -0.3 is 10.1 Å². The molecule has 0 fully saturated rings. The number of aromatic amines is 1. The van der Waals surface area contributed by atoms with Crippen LogP contribution in [0.2, 0.25) is 0 Å². The van der Waals surface area contributed by atoms with Crippen molar-refractivity contribution in [1.29, 1.82) is 0 Å². The molecular weight excluding hydrogens is 402 g/mol. The van der Waals surface area contributed by atoms with Crippen molar-refractivity contribution in [3.05, 3.63) is 68.5 Å². The average Bonchev–Trinajstić information content (AvgIpc) is 2.63. The van der Waals surface area contributed by atoms with Crippen molar-refractivity contribution in [2.45, 2.75) is 6.92 Å². The van der Waals surface area contributed by atoms with Crippen LogP contribution in [0.1, 0.15) is 16.1 Å². The number of nitrogens with one attached hydrogen (secondary N) is 2. The van der Waals surface area contributed by atoms with Crippen LogP contribution in [-0.4, -0.2) is 28.7 Å². The third kappa shape index (κ3) is 3.80. The maximum atomic E-state index is 12.2. The van der Waals surface area contributed by atoms with Crippen molar-refractivity contribution in [2.24, 2.45) is 0 Å². The summed E-state index contributed by atoms with van der Waals surface area (Å²) in [5.74, 6) is -1.28. The molecule has 0 bridgehead atoms. The summed E-state index contributed by atoms with van der Waals surface area (Å²) >= 11 is 3.36. The first-order chi connectivity index (χ1) is 12.5. The molecule has 0 aliphatic carbocycles. The molecule has 0 aliphatic rings. The van der Waals surface area contributed by atoms with E-state index in [2.05, 4.69) is 31.4 Å². The van der Waals surface area contributed by atoms with Crippen molar-refractivity contribution in [1.82, 2.24) is 10.2 Å². The molecule has 2 N–H and O–H groups in total. The van der Waals surface area contributed by atoms with Gasteiger partial charge in [0, 0.05) is 9.86 Å². The highest BCUT2D eigenvalue weighted by atomic mass is 79.9. The summed E-state index contributed by atoms with van der Waals surface area (Å²) in [5.41, 5.74) is 1.16.